The highest BCUT2D eigenvalue weighted by Crippen LogP contribution is 2.08. The van der Waals surface area contributed by atoms with Crippen LogP contribution in [0.3, 0.4) is 0 Å². The number of benzene rings is 1. The molecule has 0 aliphatic rings. The lowest BCUT2D eigenvalue weighted by Crippen LogP contribution is -2.32. The Morgan fingerprint density at radius 2 is 1.94 bits per heavy atom. The van der Waals surface area contributed by atoms with Crippen molar-refractivity contribution in [2.75, 3.05) is 7.11 Å². The van der Waals surface area contributed by atoms with Crippen LogP contribution >= 0.6 is 0 Å². The number of carbonyl (C=O) groups is 2. The highest BCUT2D eigenvalue weighted by Gasteiger charge is 2.17. The number of esters is 1. The van der Waals surface area contributed by atoms with Crippen molar-refractivity contribution >= 4 is 11.9 Å². The van der Waals surface area contributed by atoms with Crippen LogP contribution in [0.25, 0.3) is 0 Å². The molecule has 0 saturated heterocycles. The minimum absolute atomic E-state index is 0.0394. The third-order valence-electron chi connectivity index (χ3n) is 2.54. The van der Waals surface area contributed by atoms with Gasteiger partial charge in [0, 0.05) is 5.92 Å². The van der Waals surface area contributed by atoms with E-state index >= 15 is 0 Å². The van der Waals surface area contributed by atoms with Crippen LogP contribution in [0.5, 0.6) is 0 Å². The number of hydrogen-bond donors (Lipinski definition) is 1. The molecule has 96 valence electrons. The van der Waals surface area contributed by atoms with Gasteiger partial charge in [0.25, 0.3) is 0 Å². The van der Waals surface area contributed by atoms with Gasteiger partial charge in [-0.15, -0.1) is 0 Å². The summed E-state index contributed by atoms with van der Waals surface area (Å²) in [6.45, 7) is 5.25. The highest BCUT2D eigenvalue weighted by atomic mass is 16.5. The number of hydrogen-bond acceptors (Lipinski definition) is 3. The first-order valence-corrected chi connectivity index (χ1v) is 5.66. The Morgan fingerprint density at radius 1 is 1.33 bits per heavy atom. The van der Waals surface area contributed by atoms with Crippen molar-refractivity contribution in [3.63, 3.8) is 0 Å². The molecule has 0 aromatic heterocycles. The fourth-order valence-electron chi connectivity index (χ4n) is 1.51. The molecule has 1 aromatic carbocycles. The van der Waals surface area contributed by atoms with E-state index in [4.69, 9.17) is 0 Å². The van der Waals surface area contributed by atoms with E-state index in [-0.39, 0.29) is 17.5 Å². The summed E-state index contributed by atoms with van der Waals surface area (Å²) in [6, 6.07) is 9.69. The largest absolute Gasteiger partial charge is 0.464 e. The molecular weight excluding hydrogens is 230 g/mol. The normalized spacial score (nSPS) is 11.4. The average Bonchev–Trinajstić information content (AvgIpc) is 2.38. The van der Waals surface area contributed by atoms with Crippen LogP contribution in [0.15, 0.2) is 42.6 Å². The van der Waals surface area contributed by atoms with Gasteiger partial charge in [-0.25, -0.2) is 4.79 Å². The van der Waals surface area contributed by atoms with Crippen LogP contribution in [-0.2, 0) is 20.7 Å². The molecule has 1 aromatic rings. The van der Waals surface area contributed by atoms with Gasteiger partial charge >= 0.3 is 5.97 Å². The van der Waals surface area contributed by atoms with Gasteiger partial charge in [-0.3, -0.25) is 4.79 Å². The average molecular weight is 247 g/mol. The highest BCUT2D eigenvalue weighted by molar-refractivity contribution is 5.93. The van der Waals surface area contributed by atoms with Crippen molar-refractivity contribution in [2.45, 2.75) is 13.3 Å². The van der Waals surface area contributed by atoms with E-state index in [0.29, 0.717) is 6.42 Å². The van der Waals surface area contributed by atoms with E-state index in [1.165, 1.54) is 7.11 Å². The molecule has 0 fully saturated rings. The molecule has 18 heavy (non-hydrogen) atoms. The molecule has 1 rings (SSSR count). The maximum Gasteiger partial charge on any atom is 0.353 e. The van der Waals surface area contributed by atoms with Gasteiger partial charge in [0.1, 0.15) is 5.70 Å². The predicted molar refractivity (Wildman–Crippen MR) is 68.6 cm³/mol. The summed E-state index contributed by atoms with van der Waals surface area (Å²) in [5.74, 6) is -1.11. The molecule has 0 aliphatic heterocycles. The molecule has 4 heteroatoms. The summed E-state index contributed by atoms with van der Waals surface area (Å²) in [4.78, 5) is 22.9. The van der Waals surface area contributed by atoms with E-state index in [1.807, 2.05) is 30.3 Å². The van der Waals surface area contributed by atoms with E-state index in [1.54, 1.807) is 6.92 Å². The Balaban J connectivity index is 2.52. The summed E-state index contributed by atoms with van der Waals surface area (Å²) in [6.07, 6.45) is 0.612. The van der Waals surface area contributed by atoms with E-state index in [9.17, 15) is 9.59 Å². The number of nitrogens with one attached hydrogen (secondary N) is 1. The van der Waals surface area contributed by atoms with Gasteiger partial charge < -0.3 is 10.1 Å². The van der Waals surface area contributed by atoms with Crippen LogP contribution < -0.4 is 5.32 Å². The van der Waals surface area contributed by atoms with Crippen molar-refractivity contribution < 1.29 is 14.3 Å². The zero-order valence-corrected chi connectivity index (χ0v) is 10.6. The molecular formula is C14H17NO3. The number of amides is 1. The molecule has 0 heterocycles. The Morgan fingerprint density at radius 3 is 2.50 bits per heavy atom. The molecule has 1 amide bonds. The molecule has 0 radical (unpaired) electrons. The first-order chi connectivity index (χ1) is 8.54. The third-order valence-corrected chi connectivity index (χ3v) is 2.54. The molecule has 0 saturated carbocycles. The monoisotopic (exact) mass is 247 g/mol. The standard InChI is InChI=1S/C14H17NO3/c1-10(9-12-7-5-4-6-8-12)13(16)15-11(2)14(17)18-3/h4-8,10H,2,9H2,1,3H3,(H,15,16). The zero-order chi connectivity index (χ0) is 13.5. The molecule has 0 aliphatic carbocycles. The summed E-state index contributed by atoms with van der Waals surface area (Å²) in [5, 5.41) is 2.44. The first-order valence-electron chi connectivity index (χ1n) is 5.66. The Kier molecular flexibility index (Phi) is 5.11. The van der Waals surface area contributed by atoms with Crippen molar-refractivity contribution in [2.24, 2.45) is 5.92 Å². The Bertz CT molecular complexity index is 440. The van der Waals surface area contributed by atoms with Crippen LogP contribution in [0, 0.1) is 5.92 Å². The fraction of sp³-hybridized carbons (Fsp3) is 0.286. The van der Waals surface area contributed by atoms with Crippen molar-refractivity contribution in [1.29, 1.82) is 0 Å². The van der Waals surface area contributed by atoms with Gasteiger partial charge in [0.2, 0.25) is 5.91 Å². The van der Waals surface area contributed by atoms with Crippen molar-refractivity contribution in [3.05, 3.63) is 48.2 Å². The van der Waals surface area contributed by atoms with Gasteiger partial charge in [-0.05, 0) is 12.0 Å². The quantitative estimate of drug-likeness (QED) is 0.636. The summed E-state index contributed by atoms with van der Waals surface area (Å²) in [7, 11) is 1.24. The molecule has 1 N–H and O–H groups in total. The molecule has 1 unspecified atom stereocenters. The lowest BCUT2D eigenvalue weighted by atomic mass is 10.0. The van der Waals surface area contributed by atoms with Crippen LogP contribution in [0.2, 0.25) is 0 Å². The summed E-state index contributed by atoms with van der Waals surface area (Å²) in [5.41, 5.74) is 1.03. The summed E-state index contributed by atoms with van der Waals surface area (Å²) < 4.78 is 4.46. The van der Waals surface area contributed by atoms with Gasteiger partial charge in [0.05, 0.1) is 7.11 Å². The Hall–Kier alpha value is -2.10. The molecule has 4 nitrogen and oxygen atoms in total. The van der Waals surface area contributed by atoms with Gasteiger partial charge in [0.15, 0.2) is 0 Å². The van der Waals surface area contributed by atoms with Crippen LogP contribution in [0.4, 0.5) is 0 Å². The number of ether oxygens (including phenoxy) is 1. The third kappa shape index (κ3) is 4.05. The second-order valence-electron chi connectivity index (χ2n) is 4.05. The van der Waals surface area contributed by atoms with E-state index in [2.05, 4.69) is 16.6 Å². The summed E-state index contributed by atoms with van der Waals surface area (Å²) >= 11 is 0. The zero-order valence-electron chi connectivity index (χ0n) is 10.6. The Labute approximate surface area is 107 Å². The van der Waals surface area contributed by atoms with Crippen LogP contribution in [-0.4, -0.2) is 19.0 Å². The SMILES string of the molecule is C=C(NC(=O)C(C)Cc1ccccc1)C(=O)OC. The molecule has 0 bridgehead atoms. The lowest BCUT2D eigenvalue weighted by Gasteiger charge is -2.12. The smallest absolute Gasteiger partial charge is 0.353 e. The number of rotatable bonds is 5. The topological polar surface area (TPSA) is 55.4 Å². The molecule has 0 spiro atoms. The van der Waals surface area contributed by atoms with Crippen LogP contribution in [0.1, 0.15) is 12.5 Å². The van der Waals surface area contributed by atoms with Crippen molar-refractivity contribution in [1.82, 2.24) is 5.32 Å². The maximum atomic E-state index is 11.8. The first kappa shape index (κ1) is 14.0. The van der Waals surface area contributed by atoms with Gasteiger partial charge in [-0.2, -0.15) is 0 Å². The number of carbonyl (C=O) groups excluding carboxylic acids is 2. The lowest BCUT2D eigenvalue weighted by molar-refractivity contribution is -0.138. The van der Waals surface area contributed by atoms with E-state index in [0.717, 1.165) is 5.56 Å². The minimum Gasteiger partial charge on any atom is -0.464 e. The van der Waals surface area contributed by atoms with Gasteiger partial charge in [-0.1, -0.05) is 43.8 Å². The van der Waals surface area contributed by atoms with E-state index < -0.39 is 5.97 Å². The maximum absolute atomic E-state index is 11.8. The minimum atomic E-state index is -0.629. The second kappa shape index (κ2) is 6.59. The number of methoxy groups -OCH3 is 1. The van der Waals surface area contributed by atoms with Crippen molar-refractivity contribution in [3.8, 4) is 0 Å². The molecule has 1 atom stereocenters. The predicted octanol–water partition coefficient (Wildman–Crippen LogP) is 1.67. The fourth-order valence-corrected chi connectivity index (χ4v) is 1.51. The second-order valence-corrected chi connectivity index (χ2v) is 4.05.